The van der Waals surface area contributed by atoms with Gasteiger partial charge in [0.1, 0.15) is 5.75 Å². The van der Waals surface area contributed by atoms with Crippen molar-refractivity contribution in [2.45, 2.75) is 46.1 Å². The van der Waals surface area contributed by atoms with Crippen LogP contribution in [0, 0.1) is 19.8 Å². The van der Waals surface area contributed by atoms with Crippen LogP contribution in [0.3, 0.4) is 0 Å². The summed E-state index contributed by atoms with van der Waals surface area (Å²) in [4.78, 5) is 4.42. The van der Waals surface area contributed by atoms with E-state index in [4.69, 9.17) is 10.5 Å². The molecule has 1 fully saturated rings. The van der Waals surface area contributed by atoms with Gasteiger partial charge in [0.2, 0.25) is 0 Å². The Labute approximate surface area is 103 Å². The highest BCUT2D eigenvalue weighted by atomic mass is 16.5. The summed E-state index contributed by atoms with van der Waals surface area (Å²) in [7, 11) is 0. The second-order valence-corrected chi connectivity index (χ2v) is 4.96. The van der Waals surface area contributed by atoms with Crippen molar-refractivity contribution in [2.24, 2.45) is 11.7 Å². The van der Waals surface area contributed by atoms with Crippen LogP contribution in [0.5, 0.6) is 5.75 Å². The molecule has 0 atom stereocenters. The highest BCUT2D eigenvalue weighted by Crippen LogP contribution is 2.30. The maximum atomic E-state index is 5.88. The van der Waals surface area contributed by atoms with E-state index in [1.54, 1.807) is 0 Å². The number of rotatable bonds is 5. The molecule has 1 aliphatic rings. The van der Waals surface area contributed by atoms with E-state index in [-0.39, 0.29) is 0 Å². The standard InChI is InChI=1S/C14H22N2O/c1-10-8-14(13(9-15)11(2)16-10)17-7-6-12-4-3-5-12/h8,12H,3-7,9,15H2,1-2H3. The van der Waals surface area contributed by atoms with Gasteiger partial charge in [0.15, 0.2) is 0 Å². The molecule has 0 aromatic carbocycles. The minimum Gasteiger partial charge on any atom is -0.493 e. The van der Waals surface area contributed by atoms with Crippen LogP contribution in [-0.4, -0.2) is 11.6 Å². The molecule has 94 valence electrons. The van der Waals surface area contributed by atoms with Gasteiger partial charge in [-0.2, -0.15) is 0 Å². The number of pyridine rings is 1. The van der Waals surface area contributed by atoms with Crippen LogP contribution < -0.4 is 10.5 Å². The first-order chi connectivity index (χ1) is 8.20. The van der Waals surface area contributed by atoms with Crippen LogP contribution in [0.25, 0.3) is 0 Å². The Morgan fingerprint density at radius 2 is 2.18 bits per heavy atom. The summed E-state index contributed by atoms with van der Waals surface area (Å²) in [5, 5.41) is 0. The van der Waals surface area contributed by atoms with Crippen molar-refractivity contribution in [3.05, 3.63) is 23.0 Å². The van der Waals surface area contributed by atoms with Crippen LogP contribution >= 0.6 is 0 Å². The van der Waals surface area contributed by atoms with Gasteiger partial charge >= 0.3 is 0 Å². The third-order valence-corrected chi connectivity index (χ3v) is 3.63. The van der Waals surface area contributed by atoms with Gasteiger partial charge in [0.05, 0.1) is 6.61 Å². The van der Waals surface area contributed by atoms with E-state index in [1.165, 1.54) is 25.7 Å². The molecular formula is C14H22N2O. The van der Waals surface area contributed by atoms with Crippen LogP contribution in [-0.2, 0) is 6.54 Å². The summed E-state index contributed by atoms with van der Waals surface area (Å²) in [6.07, 6.45) is 5.32. The lowest BCUT2D eigenvalue weighted by atomic mass is 9.83. The minimum atomic E-state index is 0.498. The Bertz CT molecular complexity index is 386. The summed E-state index contributed by atoms with van der Waals surface area (Å²) < 4.78 is 5.88. The van der Waals surface area contributed by atoms with E-state index in [9.17, 15) is 0 Å². The molecule has 1 aliphatic carbocycles. The van der Waals surface area contributed by atoms with E-state index in [0.29, 0.717) is 6.54 Å². The van der Waals surface area contributed by atoms with E-state index in [0.717, 1.165) is 35.2 Å². The topological polar surface area (TPSA) is 48.1 Å². The lowest BCUT2D eigenvalue weighted by Gasteiger charge is -2.25. The quantitative estimate of drug-likeness (QED) is 0.852. The normalized spacial score (nSPS) is 15.7. The molecular weight excluding hydrogens is 212 g/mol. The first kappa shape index (κ1) is 12.4. The summed E-state index contributed by atoms with van der Waals surface area (Å²) >= 11 is 0. The number of ether oxygens (including phenoxy) is 1. The molecule has 0 aliphatic heterocycles. The van der Waals surface area contributed by atoms with Crippen molar-refractivity contribution in [1.82, 2.24) is 4.98 Å². The number of aryl methyl sites for hydroxylation is 2. The lowest BCUT2D eigenvalue weighted by molar-refractivity contribution is 0.220. The van der Waals surface area contributed by atoms with Crippen molar-refractivity contribution < 1.29 is 4.74 Å². The number of aromatic nitrogens is 1. The molecule has 3 nitrogen and oxygen atoms in total. The summed E-state index contributed by atoms with van der Waals surface area (Å²) in [6.45, 7) is 5.29. The molecule has 1 aromatic heterocycles. The Hall–Kier alpha value is -1.09. The Morgan fingerprint density at radius 3 is 2.76 bits per heavy atom. The van der Waals surface area contributed by atoms with E-state index in [2.05, 4.69) is 4.98 Å². The molecule has 1 heterocycles. The SMILES string of the molecule is Cc1cc(OCCC2CCC2)c(CN)c(C)n1. The first-order valence-electron chi connectivity index (χ1n) is 6.50. The molecule has 0 amide bonds. The smallest absolute Gasteiger partial charge is 0.127 e. The highest BCUT2D eigenvalue weighted by Gasteiger charge is 2.17. The number of nitrogens with two attached hydrogens (primary N) is 1. The monoisotopic (exact) mass is 234 g/mol. The Morgan fingerprint density at radius 1 is 1.41 bits per heavy atom. The van der Waals surface area contributed by atoms with Crippen LogP contribution in [0.2, 0.25) is 0 Å². The summed E-state index contributed by atoms with van der Waals surface area (Å²) in [6, 6.07) is 2.00. The fourth-order valence-corrected chi connectivity index (χ4v) is 2.31. The second-order valence-electron chi connectivity index (χ2n) is 4.96. The van der Waals surface area contributed by atoms with Crippen molar-refractivity contribution in [3.8, 4) is 5.75 Å². The maximum absolute atomic E-state index is 5.88. The second kappa shape index (κ2) is 5.50. The van der Waals surface area contributed by atoms with Crippen molar-refractivity contribution >= 4 is 0 Å². The zero-order chi connectivity index (χ0) is 12.3. The molecule has 1 saturated carbocycles. The molecule has 0 spiro atoms. The van der Waals surface area contributed by atoms with Gasteiger partial charge in [-0.15, -0.1) is 0 Å². The molecule has 2 rings (SSSR count). The maximum Gasteiger partial charge on any atom is 0.127 e. The Balaban J connectivity index is 1.97. The average Bonchev–Trinajstić information content (AvgIpc) is 2.21. The third kappa shape index (κ3) is 2.97. The number of hydrogen-bond acceptors (Lipinski definition) is 3. The van der Waals surface area contributed by atoms with Crippen molar-refractivity contribution in [3.63, 3.8) is 0 Å². The molecule has 3 heteroatoms. The molecule has 0 radical (unpaired) electrons. The zero-order valence-electron chi connectivity index (χ0n) is 10.8. The lowest BCUT2D eigenvalue weighted by Crippen LogP contribution is -2.15. The molecule has 2 N–H and O–H groups in total. The Kier molecular flexibility index (Phi) is 4.00. The number of hydrogen-bond donors (Lipinski definition) is 1. The van der Waals surface area contributed by atoms with E-state index in [1.807, 2.05) is 19.9 Å². The fraction of sp³-hybridized carbons (Fsp3) is 0.643. The molecule has 17 heavy (non-hydrogen) atoms. The van der Waals surface area contributed by atoms with Crippen LogP contribution in [0.1, 0.15) is 42.6 Å². The fourth-order valence-electron chi connectivity index (χ4n) is 2.31. The molecule has 0 bridgehead atoms. The van der Waals surface area contributed by atoms with Gasteiger partial charge in [0.25, 0.3) is 0 Å². The van der Waals surface area contributed by atoms with Crippen molar-refractivity contribution in [2.75, 3.05) is 6.61 Å². The molecule has 1 aromatic rings. The largest absolute Gasteiger partial charge is 0.493 e. The van der Waals surface area contributed by atoms with Gasteiger partial charge in [-0.1, -0.05) is 19.3 Å². The van der Waals surface area contributed by atoms with Gasteiger partial charge in [-0.3, -0.25) is 4.98 Å². The minimum absolute atomic E-state index is 0.498. The number of nitrogens with zero attached hydrogens (tertiary/aromatic N) is 1. The van der Waals surface area contributed by atoms with Crippen LogP contribution in [0.4, 0.5) is 0 Å². The van der Waals surface area contributed by atoms with Gasteiger partial charge < -0.3 is 10.5 Å². The zero-order valence-corrected chi connectivity index (χ0v) is 10.8. The van der Waals surface area contributed by atoms with Gasteiger partial charge in [-0.25, -0.2) is 0 Å². The summed E-state index contributed by atoms with van der Waals surface area (Å²) in [5.41, 5.74) is 8.79. The first-order valence-corrected chi connectivity index (χ1v) is 6.50. The van der Waals surface area contributed by atoms with E-state index < -0.39 is 0 Å². The molecule has 0 saturated heterocycles. The summed E-state index contributed by atoms with van der Waals surface area (Å²) in [5.74, 6) is 1.82. The van der Waals surface area contributed by atoms with E-state index >= 15 is 0 Å². The van der Waals surface area contributed by atoms with Gasteiger partial charge in [0, 0.05) is 29.6 Å². The average molecular weight is 234 g/mol. The third-order valence-electron chi connectivity index (χ3n) is 3.63. The van der Waals surface area contributed by atoms with Crippen LogP contribution in [0.15, 0.2) is 6.07 Å². The van der Waals surface area contributed by atoms with Gasteiger partial charge in [-0.05, 0) is 26.2 Å². The molecule has 0 unspecified atom stereocenters. The van der Waals surface area contributed by atoms with Crippen molar-refractivity contribution in [1.29, 1.82) is 0 Å². The predicted octanol–water partition coefficient (Wildman–Crippen LogP) is 2.73. The highest BCUT2D eigenvalue weighted by molar-refractivity contribution is 5.37. The predicted molar refractivity (Wildman–Crippen MR) is 69.1 cm³/mol.